The number of methoxy groups -OCH3 is 4. The molecule has 3 rings (SSSR count). The van der Waals surface area contributed by atoms with E-state index in [9.17, 15) is 76.7 Å². The third-order valence-electron chi connectivity index (χ3n) is 12.9. The van der Waals surface area contributed by atoms with Crippen LogP contribution in [-0.2, 0) is 95.4 Å². The molecule has 41 heteroatoms. The second kappa shape index (κ2) is 56.0. The third-order valence-corrected chi connectivity index (χ3v) is 12.9. The number of carbonyl (C=O) groups excluding carboxylic acids is 14. The lowest BCUT2D eigenvalue weighted by molar-refractivity contribution is -0.148. The molecule has 0 saturated heterocycles. The number of para-hydroxylation sites is 1. The lowest BCUT2D eigenvalue weighted by atomic mass is 10.0. The van der Waals surface area contributed by atoms with Crippen molar-refractivity contribution >= 4 is 107 Å². The topological polar surface area (TPSA) is 568 Å². The molecular formula is C70H109N13O28. The lowest BCUT2D eigenvalue weighted by Crippen LogP contribution is -2.54. The minimum atomic E-state index is -1.26. The molecule has 1 aliphatic rings. The zero-order chi connectivity index (χ0) is 85.7. The van der Waals surface area contributed by atoms with Crippen molar-refractivity contribution in [3.05, 3.63) is 87.0 Å². The molecule has 0 bridgehead atoms. The van der Waals surface area contributed by atoms with E-state index in [1.807, 2.05) is 12.1 Å². The number of nitrogens with one attached hydrogen (secondary N) is 10. The molecule has 0 spiro atoms. The molecule has 1 aromatic carbocycles. The molecule has 0 aliphatic carbocycles. The van der Waals surface area contributed by atoms with Gasteiger partial charge in [-0.15, -0.1) is 18.3 Å². The molecule has 41 nitrogen and oxygen atoms in total. The number of carbonyl (C=O) groups is 16. The van der Waals surface area contributed by atoms with E-state index in [-0.39, 0.29) is 76.5 Å². The second-order valence-corrected chi connectivity index (χ2v) is 25.6. The van der Waals surface area contributed by atoms with Gasteiger partial charge in [0.1, 0.15) is 84.3 Å². The molecule has 0 saturated carbocycles. The summed E-state index contributed by atoms with van der Waals surface area (Å²) in [6, 6.07) is -0.299. The van der Waals surface area contributed by atoms with Crippen LogP contribution in [0.4, 0.5) is 24.0 Å². The first kappa shape index (κ1) is 103. The van der Waals surface area contributed by atoms with Gasteiger partial charge in [0.25, 0.3) is 0 Å². The molecule has 1 aromatic heterocycles. The normalized spacial score (nSPS) is 14.7. The summed E-state index contributed by atoms with van der Waals surface area (Å²) in [6.45, 7) is 34.8. The maximum atomic E-state index is 12.5. The van der Waals surface area contributed by atoms with Crippen LogP contribution in [0.15, 0.2) is 87.0 Å². The van der Waals surface area contributed by atoms with Crippen LogP contribution in [-0.4, -0.2) is 248 Å². The Morgan fingerprint density at radius 1 is 0.604 bits per heavy atom. The van der Waals surface area contributed by atoms with Crippen LogP contribution in [0.2, 0.25) is 0 Å². The fourth-order valence-corrected chi connectivity index (χ4v) is 7.75. The monoisotopic (exact) mass is 1580 g/mol. The predicted molar refractivity (Wildman–Crippen MR) is 395 cm³/mol. The quantitative estimate of drug-likeness (QED) is 0.0252. The van der Waals surface area contributed by atoms with Crippen molar-refractivity contribution in [1.82, 2.24) is 68.3 Å². The number of amides is 10. The van der Waals surface area contributed by atoms with E-state index in [4.69, 9.17) is 34.4 Å². The molecule has 0 radical (unpaired) electrons. The van der Waals surface area contributed by atoms with Crippen molar-refractivity contribution in [3.8, 4) is 0 Å². The number of aromatic nitrogens is 3. The Hall–Kier alpha value is -12.4. The number of alkyl carbamates (subject to hydrolysis) is 5. The number of ether oxygens (including phenoxy) is 9. The zero-order valence-electron chi connectivity index (χ0n) is 65.3. The van der Waals surface area contributed by atoms with Crippen molar-refractivity contribution < 1.29 is 135 Å². The van der Waals surface area contributed by atoms with Crippen LogP contribution in [0, 0.1) is 17.8 Å². The summed E-state index contributed by atoms with van der Waals surface area (Å²) >= 11 is 0. The second-order valence-electron chi connectivity index (χ2n) is 25.6. The summed E-state index contributed by atoms with van der Waals surface area (Å²) in [6.07, 6.45) is 3.65. The molecule has 2 aromatic rings. The van der Waals surface area contributed by atoms with Crippen LogP contribution in [0.3, 0.4) is 0 Å². The van der Waals surface area contributed by atoms with Gasteiger partial charge in [-0.3, -0.25) is 28.8 Å². The molecule has 13 N–H and O–H groups in total. The molecule has 0 unspecified atom stereocenters. The number of fused-ring (bicyclic) bond motifs is 1. The number of carboxylic acids is 2. The highest BCUT2D eigenvalue weighted by Gasteiger charge is 2.34. The van der Waals surface area contributed by atoms with Crippen molar-refractivity contribution in [2.24, 2.45) is 17.8 Å². The number of hydrogen-bond donors (Lipinski definition) is 13. The maximum Gasteiger partial charge on any atom is 0.408 e. The summed E-state index contributed by atoms with van der Waals surface area (Å²) < 4.78 is 42.4. The van der Waals surface area contributed by atoms with Gasteiger partial charge in [0, 0.05) is 19.6 Å². The van der Waals surface area contributed by atoms with E-state index in [0.29, 0.717) is 11.0 Å². The molecule has 10 amide bonds. The van der Waals surface area contributed by atoms with Crippen molar-refractivity contribution in [2.75, 3.05) is 67.9 Å². The van der Waals surface area contributed by atoms with Crippen LogP contribution < -0.4 is 53.2 Å². The van der Waals surface area contributed by atoms with E-state index >= 15 is 0 Å². The number of aliphatic carboxylic acids is 2. The van der Waals surface area contributed by atoms with E-state index in [1.54, 1.807) is 107 Å². The standard InChI is InChI=1S/C17H27N3O6.C15H23N3O6.C13H22N2O5.C10H17NO6.C9H15NO4.C6H5N3O/c1-6-8-18-13(21)10-12(16(23)25-5)19-15(22)14(11(3)4)20-17(24)26-9-7-2;1-9(2)12-13(20)17-10(14(21)23-3)8-11(19)16-6-4-5-7-24-15(22)18-12;1-6-7-14-10(16)8-9(11(17)19-5)15-12(18)20-13(2,3)4;1-10(2,3)17-9(15)11-6(5-7(12)13)8(14)16-4;1-4-5-14-9(13)10-7(6(2)3)8(11)12;10-9-6-4-2-1-3-5(6)7-8-9/h6-7,11-12,14H,1-2,8-10H2,3-5H3,(H,18,21)(H,19,22)(H,20,24);4-5,9-10,12H,6-8H2,1-3H3,(H,16,19)(H,17,20)(H,18,22);6,9H,1,7-8H2,2-5H3,(H,14,16)(H,15,18);6H,5H2,1-4H3,(H,11,15)(H,12,13);4,6-7H,1,5H2,2-3H3,(H,10,13)(H,11,12);1-4,10H/b;5-4+;;;;/t12-,14-;10-,12-;9-;6-;7-;/m00000./s1. The predicted octanol–water partition coefficient (Wildman–Crippen LogP) is 2.69. The lowest BCUT2D eigenvalue weighted by Gasteiger charge is -2.24. The number of rotatable bonds is 28. The Morgan fingerprint density at radius 3 is 1.45 bits per heavy atom. The molecular weight excluding hydrogens is 1470 g/mol. The number of nitrogens with zero attached hydrogens (tertiary/aromatic N) is 3. The minimum Gasteiger partial charge on any atom is -0.481 e. The van der Waals surface area contributed by atoms with Gasteiger partial charge in [-0.25, -0.2) is 47.9 Å². The van der Waals surface area contributed by atoms with Gasteiger partial charge in [0.05, 0.1) is 54.1 Å². The number of hydrogen-bond acceptors (Lipinski definition) is 28. The molecule has 0 fully saturated rings. The molecule has 2 heterocycles. The van der Waals surface area contributed by atoms with Gasteiger partial charge >= 0.3 is 66.3 Å². The highest BCUT2D eigenvalue weighted by Crippen LogP contribution is 2.12. The van der Waals surface area contributed by atoms with Crippen LogP contribution in [0.5, 0.6) is 0 Å². The SMILES string of the molecule is C=CCNC(=O)C[C@H](NC(=O)OC(C)(C)C)C(=O)OC.C=CCNC(=O)C[C@H](NC(=O)[C@@H](NC(=O)OCC=C)C(C)C)C(=O)OC.C=CCOC(=O)N[C@H](C(=O)O)C(C)C.COC(=O)[C@@H]1CC(=O)NC/C=C/COC(=O)N[C@@H](C(C)C)C(=O)N1.COC(=O)[C@H](CC(=O)O)NC(=O)OC(C)(C)C.On1nnc2ccccc21. The fourth-order valence-electron chi connectivity index (χ4n) is 7.75. The molecule has 1 aliphatic heterocycles. The van der Waals surface area contributed by atoms with E-state index in [2.05, 4.69) is 113 Å². The zero-order valence-corrected chi connectivity index (χ0v) is 65.3. The van der Waals surface area contributed by atoms with Crippen LogP contribution in [0.25, 0.3) is 11.0 Å². The number of carboxylic acid groups (broad SMARTS) is 2. The maximum absolute atomic E-state index is 12.5. The third kappa shape index (κ3) is 49.3. The molecule has 111 heavy (non-hydrogen) atoms. The number of cyclic esters (lactones) is 1. The van der Waals surface area contributed by atoms with E-state index in [1.165, 1.54) is 31.4 Å². The van der Waals surface area contributed by atoms with Crippen LogP contribution >= 0.6 is 0 Å². The van der Waals surface area contributed by atoms with Crippen molar-refractivity contribution in [3.63, 3.8) is 0 Å². The highest BCUT2D eigenvalue weighted by atomic mass is 16.6. The minimum absolute atomic E-state index is 0.00741. The van der Waals surface area contributed by atoms with Crippen LogP contribution in [0.1, 0.15) is 109 Å². The number of esters is 4. The van der Waals surface area contributed by atoms with Gasteiger partial charge in [-0.2, -0.15) is 0 Å². The summed E-state index contributed by atoms with van der Waals surface area (Å²) in [5.74, 6) is -8.63. The Bertz CT molecular complexity index is 3430. The largest absolute Gasteiger partial charge is 0.481 e. The average Bonchev–Trinajstić information content (AvgIpc) is 1.84. The Morgan fingerprint density at radius 2 is 1.05 bits per heavy atom. The first-order valence-electron chi connectivity index (χ1n) is 33.9. The Kier molecular flexibility index (Phi) is 51.8. The summed E-state index contributed by atoms with van der Waals surface area (Å²) in [7, 11) is 4.59. The van der Waals surface area contributed by atoms with Crippen molar-refractivity contribution in [1.29, 1.82) is 0 Å². The molecule has 7 atom stereocenters. The van der Waals surface area contributed by atoms with Crippen molar-refractivity contribution in [2.45, 2.75) is 162 Å². The summed E-state index contributed by atoms with van der Waals surface area (Å²) in [5, 5.41) is 57.4. The molecule has 622 valence electrons. The Labute approximate surface area is 642 Å². The van der Waals surface area contributed by atoms with E-state index in [0.717, 1.165) is 26.2 Å². The van der Waals surface area contributed by atoms with Gasteiger partial charge in [-0.05, 0) is 82.7 Å². The average molecular weight is 1580 g/mol. The summed E-state index contributed by atoms with van der Waals surface area (Å²) in [4.78, 5) is 186. The fraction of sp³-hybridized carbons (Fsp3) is 0.543. The van der Waals surface area contributed by atoms with Gasteiger partial charge in [-0.1, -0.05) is 102 Å². The Balaban J connectivity index is -0.00000129. The van der Waals surface area contributed by atoms with Gasteiger partial charge in [0.2, 0.25) is 29.5 Å². The first-order chi connectivity index (χ1) is 51.8. The van der Waals surface area contributed by atoms with E-state index < -0.39 is 156 Å². The summed E-state index contributed by atoms with van der Waals surface area (Å²) in [5.41, 5.74) is -0.100. The van der Waals surface area contributed by atoms with Gasteiger partial charge < -0.3 is 111 Å². The number of benzene rings is 1. The van der Waals surface area contributed by atoms with Gasteiger partial charge in [0.15, 0.2) is 0 Å². The highest BCUT2D eigenvalue weighted by molar-refractivity contribution is 5.94. The smallest absolute Gasteiger partial charge is 0.408 e. The first-order valence-corrected chi connectivity index (χ1v) is 33.9.